The molecule has 6 nitrogen and oxygen atoms in total. The van der Waals surface area contributed by atoms with Crippen molar-refractivity contribution >= 4 is 34.8 Å². The lowest BCUT2D eigenvalue weighted by molar-refractivity contribution is -0.115. The number of hydrogen-bond donors (Lipinski definition) is 2. The minimum Gasteiger partial charge on any atom is -0.465 e. The quantitative estimate of drug-likeness (QED) is 0.803. The van der Waals surface area contributed by atoms with Crippen LogP contribution >= 0.6 is 11.3 Å². The van der Waals surface area contributed by atoms with E-state index in [1.807, 2.05) is 32.9 Å². The molecule has 0 spiro atoms. The number of carbonyl (C=O) groups excluding carboxylic acids is 3. The van der Waals surface area contributed by atoms with Crippen molar-refractivity contribution in [3.63, 3.8) is 0 Å². The molecule has 2 rings (SSSR count). The Kier molecular flexibility index (Phi) is 5.93. The van der Waals surface area contributed by atoms with E-state index in [-0.39, 0.29) is 12.5 Å². The maximum Gasteiger partial charge on any atom is 0.348 e. The molecule has 7 heteroatoms. The van der Waals surface area contributed by atoms with Gasteiger partial charge in [0.25, 0.3) is 5.91 Å². The van der Waals surface area contributed by atoms with E-state index in [1.165, 1.54) is 19.2 Å². The number of aryl methyl sites for hydroxylation is 3. The molecule has 1 aromatic carbocycles. The number of ether oxygens (including phenoxy) is 1. The first-order valence-corrected chi connectivity index (χ1v) is 8.47. The number of amides is 2. The van der Waals surface area contributed by atoms with Crippen LogP contribution in [0, 0.1) is 20.8 Å². The zero-order valence-corrected chi connectivity index (χ0v) is 15.4. The Hall–Kier alpha value is -2.67. The lowest BCUT2D eigenvalue weighted by atomic mass is 10.1. The maximum atomic E-state index is 12.1. The summed E-state index contributed by atoms with van der Waals surface area (Å²) in [7, 11) is 1.28. The minimum atomic E-state index is -0.493. The third-order valence-electron chi connectivity index (χ3n) is 3.57. The van der Waals surface area contributed by atoms with Gasteiger partial charge in [-0.1, -0.05) is 17.7 Å². The average molecular weight is 360 g/mol. The lowest BCUT2D eigenvalue weighted by Gasteiger charge is -2.13. The number of carbonyl (C=O) groups is 3. The van der Waals surface area contributed by atoms with Gasteiger partial charge in [0, 0.05) is 5.69 Å². The van der Waals surface area contributed by atoms with Crippen molar-refractivity contribution < 1.29 is 19.1 Å². The third-order valence-corrected chi connectivity index (χ3v) is 4.63. The van der Waals surface area contributed by atoms with Gasteiger partial charge in [-0.05, 0) is 44.0 Å². The summed E-state index contributed by atoms with van der Waals surface area (Å²) in [6.45, 7) is 5.69. The van der Waals surface area contributed by atoms with Crippen molar-refractivity contribution in [3.8, 4) is 0 Å². The number of rotatable bonds is 5. The van der Waals surface area contributed by atoms with E-state index < -0.39 is 11.9 Å². The second-order valence-electron chi connectivity index (χ2n) is 5.66. The summed E-state index contributed by atoms with van der Waals surface area (Å²) in [4.78, 5) is 36.3. The van der Waals surface area contributed by atoms with Crippen LogP contribution in [0.1, 0.15) is 36.0 Å². The van der Waals surface area contributed by atoms with Crippen molar-refractivity contribution in [1.29, 1.82) is 0 Å². The third kappa shape index (κ3) is 4.67. The van der Waals surface area contributed by atoms with Gasteiger partial charge in [0.15, 0.2) is 0 Å². The van der Waals surface area contributed by atoms with Crippen LogP contribution < -0.4 is 10.6 Å². The molecule has 0 unspecified atom stereocenters. The summed E-state index contributed by atoms with van der Waals surface area (Å²) >= 11 is 1.02. The fourth-order valence-electron chi connectivity index (χ4n) is 2.48. The Balaban J connectivity index is 1.95. The van der Waals surface area contributed by atoms with Crippen LogP contribution in [0.25, 0.3) is 0 Å². The topological polar surface area (TPSA) is 84.5 Å². The van der Waals surface area contributed by atoms with E-state index >= 15 is 0 Å². The molecule has 0 bridgehead atoms. The Morgan fingerprint density at radius 1 is 1.04 bits per heavy atom. The van der Waals surface area contributed by atoms with Gasteiger partial charge in [-0.2, -0.15) is 0 Å². The molecule has 0 fully saturated rings. The molecular weight excluding hydrogens is 340 g/mol. The normalized spacial score (nSPS) is 10.2. The van der Waals surface area contributed by atoms with Crippen molar-refractivity contribution in [2.45, 2.75) is 20.8 Å². The van der Waals surface area contributed by atoms with Gasteiger partial charge in [0.1, 0.15) is 4.88 Å². The first-order valence-electron chi connectivity index (χ1n) is 7.66. The van der Waals surface area contributed by atoms with Gasteiger partial charge in [-0.3, -0.25) is 9.59 Å². The highest BCUT2D eigenvalue weighted by Crippen LogP contribution is 2.21. The van der Waals surface area contributed by atoms with Crippen LogP contribution in [0.4, 0.5) is 5.69 Å². The van der Waals surface area contributed by atoms with E-state index in [1.54, 1.807) is 0 Å². The molecule has 2 N–H and O–H groups in total. The highest BCUT2D eigenvalue weighted by Gasteiger charge is 2.15. The predicted molar refractivity (Wildman–Crippen MR) is 97.3 cm³/mol. The fraction of sp³-hybridized carbons (Fsp3) is 0.278. The molecule has 0 radical (unpaired) electrons. The molecule has 1 heterocycles. The molecule has 2 aromatic rings. The molecule has 0 saturated heterocycles. The van der Waals surface area contributed by atoms with Crippen molar-refractivity contribution in [2.75, 3.05) is 19.0 Å². The minimum absolute atomic E-state index is 0.156. The summed E-state index contributed by atoms with van der Waals surface area (Å²) in [6, 6.07) is 7.02. The summed E-state index contributed by atoms with van der Waals surface area (Å²) in [6.07, 6.45) is 0. The van der Waals surface area contributed by atoms with Gasteiger partial charge < -0.3 is 15.4 Å². The second kappa shape index (κ2) is 7.94. The van der Waals surface area contributed by atoms with Crippen molar-refractivity contribution in [1.82, 2.24) is 5.32 Å². The van der Waals surface area contributed by atoms with Gasteiger partial charge >= 0.3 is 5.97 Å². The second-order valence-corrected chi connectivity index (χ2v) is 6.74. The molecule has 25 heavy (non-hydrogen) atoms. The number of nitrogens with one attached hydrogen (secondary N) is 2. The summed E-state index contributed by atoms with van der Waals surface area (Å²) in [5.74, 6) is -1.21. The lowest BCUT2D eigenvalue weighted by Crippen LogP contribution is -2.32. The van der Waals surface area contributed by atoms with Crippen LogP contribution in [0.5, 0.6) is 0 Å². The SMILES string of the molecule is COC(=O)c1ccc(C(=O)NCC(=O)Nc2c(C)cc(C)cc2C)s1. The van der Waals surface area contributed by atoms with Crippen molar-refractivity contribution in [3.05, 3.63) is 50.7 Å². The number of benzene rings is 1. The van der Waals surface area contributed by atoms with Gasteiger partial charge in [0.2, 0.25) is 5.91 Å². The smallest absolute Gasteiger partial charge is 0.348 e. The molecule has 132 valence electrons. The van der Waals surface area contributed by atoms with Gasteiger partial charge in [0.05, 0.1) is 18.5 Å². The van der Waals surface area contributed by atoms with E-state index in [4.69, 9.17) is 0 Å². The Morgan fingerprint density at radius 2 is 1.64 bits per heavy atom. The molecular formula is C18H20N2O4S. The molecule has 0 aliphatic carbocycles. The monoisotopic (exact) mass is 360 g/mol. The van der Waals surface area contributed by atoms with E-state index in [0.29, 0.717) is 9.75 Å². The standard InChI is InChI=1S/C18H20N2O4S/c1-10-7-11(2)16(12(3)8-10)20-15(21)9-19-17(22)13-5-6-14(25-13)18(23)24-4/h5-8H,9H2,1-4H3,(H,19,22)(H,20,21). The number of anilines is 1. The molecule has 0 aliphatic rings. The van der Waals surface area contributed by atoms with Gasteiger partial charge in [-0.25, -0.2) is 4.79 Å². The summed E-state index contributed by atoms with van der Waals surface area (Å²) < 4.78 is 4.60. The highest BCUT2D eigenvalue weighted by molar-refractivity contribution is 7.15. The van der Waals surface area contributed by atoms with E-state index in [9.17, 15) is 14.4 Å². The zero-order valence-electron chi connectivity index (χ0n) is 14.6. The van der Waals surface area contributed by atoms with Crippen molar-refractivity contribution in [2.24, 2.45) is 0 Å². The molecule has 2 amide bonds. The zero-order chi connectivity index (χ0) is 18.6. The largest absolute Gasteiger partial charge is 0.465 e. The Morgan fingerprint density at radius 3 is 2.24 bits per heavy atom. The van der Waals surface area contributed by atoms with Gasteiger partial charge in [-0.15, -0.1) is 11.3 Å². The van der Waals surface area contributed by atoms with Crippen LogP contribution in [-0.4, -0.2) is 31.4 Å². The predicted octanol–water partition coefficient (Wildman–Crippen LogP) is 2.83. The fourth-order valence-corrected chi connectivity index (χ4v) is 3.32. The highest BCUT2D eigenvalue weighted by atomic mass is 32.1. The summed E-state index contributed by atoms with van der Waals surface area (Å²) in [5.41, 5.74) is 3.82. The number of methoxy groups -OCH3 is 1. The molecule has 0 atom stereocenters. The van der Waals surface area contributed by atoms with Crippen LogP contribution in [0.15, 0.2) is 24.3 Å². The summed E-state index contributed by atoms with van der Waals surface area (Å²) in [5, 5.41) is 5.37. The number of hydrogen-bond acceptors (Lipinski definition) is 5. The Bertz CT molecular complexity index is 803. The van der Waals surface area contributed by atoms with E-state index in [2.05, 4.69) is 15.4 Å². The van der Waals surface area contributed by atoms with Crippen LogP contribution in [-0.2, 0) is 9.53 Å². The molecule has 1 aromatic heterocycles. The first-order chi connectivity index (χ1) is 11.8. The number of esters is 1. The van der Waals surface area contributed by atoms with E-state index in [0.717, 1.165) is 33.7 Å². The van der Waals surface area contributed by atoms with Crippen LogP contribution in [0.2, 0.25) is 0 Å². The molecule has 0 aliphatic heterocycles. The maximum absolute atomic E-state index is 12.1. The average Bonchev–Trinajstić information content (AvgIpc) is 3.05. The molecule has 0 saturated carbocycles. The van der Waals surface area contributed by atoms with Crippen LogP contribution in [0.3, 0.4) is 0 Å². The first kappa shape index (κ1) is 18.7. The Labute approximate surface area is 150 Å². The number of thiophene rings is 1.